The minimum Gasteiger partial charge on any atom is -0.508 e. The lowest BCUT2D eigenvalue weighted by atomic mass is 10.1. The molecule has 5 nitrogen and oxygen atoms in total. The van der Waals surface area contributed by atoms with Gasteiger partial charge in [0, 0.05) is 17.7 Å². The molecule has 0 saturated carbocycles. The van der Waals surface area contributed by atoms with Gasteiger partial charge in [0.05, 0.1) is 17.1 Å². The van der Waals surface area contributed by atoms with Crippen LogP contribution < -0.4 is 9.64 Å². The second kappa shape index (κ2) is 8.79. The summed E-state index contributed by atoms with van der Waals surface area (Å²) in [7, 11) is 0. The topological polar surface area (TPSA) is 73.2 Å². The summed E-state index contributed by atoms with van der Waals surface area (Å²) in [6, 6.07) is 21.5. The van der Waals surface area contributed by atoms with Gasteiger partial charge in [-0.05, 0) is 80.8 Å². The van der Waals surface area contributed by atoms with Crippen molar-refractivity contribution in [1.29, 1.82) is 0 Å². The molecule has 4 aromatic carbocycles. The van der Waals surface area contributed by atoms with E-state index in [9.17, 15) is 15.3 Å². The van der Waals surface area contributed by atoms with Crippen LogP contribution in [0.3, 0.4) is 0 Å². The molecule has 0 bridgehead atoms. The molecule has 4 rings (SSSR count). The van der Waals surface area contributed by atoms with Gasteiger partial charge in [-0.15, -0.1) is 0 Å². The van der Waals surface area contributed by atoms with Crippen molar-refractivity contribution >= 4 is 17.1 Å². The molecule has 0 aliphatic rings. The van der Waals surface area contributed by atoms with E-state index in [0.29, 0.717) is 17.1 Å². The van der Waals surface area contributed by atoms with E-state index in [1.807, 2.05) is 75.1 Å². The average Bonchev–Trinajstić information content (AvgIpc) is 2.77. The van der Waals surface area contributed by atoms with E-state index < -0.39 is 0 Å². The van der Waals surface area contributed by atoms with E-state index >= 15 is 0 Å². The zero-order chi connectivity index (χ0) is 23.7. The van der Waals surface area contributed by atoms with Crippen LogP contribution in [-0.2, 0) is 0 Å². The van der Waals surface area contributed by atoms with Crippen LogP contribution in [0.1, 0.15) is 22.3 Å². The summed E-state index contributed by atoms with van der Waals surface area (Å²) in [6.45, 7) is 7.64. The number of phenolic OH excluding ortho intramolecular Hbond substituents is 3. The third-order valence-corrected chi connectivity index (χ3v) is 5.67. The number of hydrogen-bond acceptors (Lipinski definition) is 5. The number of phenols is 3. The van der Waals surface area contributed by atoms with E-state index in [2.05, 4.69) is 0 Å². The first-order valence-electron chi connectivity index (χ1n) is 10.7. The molecule has 0 atom stereocenters. The fraction of sp³-hybridized carbons (Fsp3) is 0.143. The smallest absolute Gasteiger partial charge is 0.151 e. The molecule has 0 saturated heterocycles. The van der Waals surface area contributed by atoms with Gasteiger partial charge < -0.3 is 25.0 Å². The van der Waals surface area contributed by atoms with Crippen LogP contribution in [0.25, 0.3) is 0 Å². The Balaban J connectivity index is 1.95. The Morgan fingerprint density at radius 2 is 1.18 bits per heavy atom. The summed E-state index contributed by atoms with van der Waals surface area (Å²) < 4.78 is 6.34. The van der Waals surface area contributed by atoms with Crippen LogP contribution >= 0.6 is 0 Å². The SMILES string of the molecule is Cc1cc(O)c(C)c(Oc2ccccc2N(c2cc(O)ccc2C)c2cc(O)ccc2C)c1. The average molecular weight is 442 g/mol. The molecule has 4 aromatic rings. The predicted octanol–water partition coefficient (Wildman–Crippen LogP) is 7.30. The third-order valence-electron chi connectivity index (χ3n) is 5.67. The summed E-state index contributed by atoms with van der Waals surface area (Å²) in [5.74, 6) is 1.57. The highest BCUT2D eigenvalue weighted by molar-refractivity contribution is 5.84. The number of nitrogens with zero attached hydrogens (tertiary/aromatic N) is 1. The number of anilines is 3. The molecule has 33 heavy (non-hydrogen) atoms. The molecule has 0 aliphatic carbocycles. The van der Waals surface area contributed by atoms with Gasteiger partial charge in [-0.1, -0.05) is 24.3 Å². The Bertz CT molecular complexity index is 1280. The number of aromatic hydroxyl groups is 3. The maximum Gasteiger partial charge on any atom is 0.151 e. The van der Waals surface area contributed by atoms with Gasteiger partial charge >= 0.3 is 0 Å². The van der Waals surface area contributed by atoms with Crippen LogP contribution in [0.15, 0.2) is 72.8 Å². The molecule has 168 valence electrons. The molecular weight excluding hydrogens is 414 g/mol. The Hall–Kier alpha value is -4.12. The molecule has 0 spiro atoms. The van der Waals surface area contributed by atoms with Gasteiger partial charge in [0.25, 0.3) is 0 Å². The standard InChI is InChI=1S/C28H27NO4/c1-17-13-26(32)20(4)28(14-17)33-27-8-6-5-7-23(27)29(24-15-21(30)11-9-18(24)2)25-16-22(31)12-10-19(25)3/h5-16,30-32H,1-4H3. The number of rotatable bonds is 5. The molecule has 3 N–H and O–H groups in total. The summed E-state index contributed by atoms with van der Waals surface area (Å²) >= 11 is 0. The Labute approximate surface area is 193 Å². The Kier molecular flexibility index (Phi) is 5.88. The number of ether oxygens (including phenoxy) is 1. The lowest BCUT2D eigenvalue weighted by Crippen LogP contribution is -2.13. The van der Waals surface area contributed by atoms with Gasteiger partial charge in [-0.25, -0.2) is 0 Å². The van der Waals surface area contributed by atoms with Crippen molar-refractivity contribution in [2.45, 2.75) is 27.7 Å². The van der Waals surface area contributed by atoms with Crippen LogP contribution in [0.5, 0.6) is 28.7 Å². The summed E-state index contributed by atoms with van der Waals surface area (Å²) in [4.78, 5) is 1.96. The van der Waals surface area contributed by atoms with Gasteiger partial charge in [0.2, 0.25) is 0 Å². The molecule has 0 aliphatic heterocycles. The lowest BCUT2D eigenvalue weighted by Gasteiger charge is -2.30. The second-order valence-electron chi connectivity index (χ2n) is 8.25. The summed E-state index contributed by atoms with van der Waals surface area (Å²) in [5.41, 5.74) is 5.64. The normalized spacial score (nSPS) is 10.8. The molecule has 5 heteroatoms. The highest BCUT2D eigenvalue weighted by Crippen LogP contribution is 2.46. The minimum absolute atomic E-state index is 0.135. The van der Waals surface area contributed by atoms with Crippen LogP contribution in [0, 0.1) is 27.7 Å². The van der Waals surface area contributed by atoms with Crippen molar-refractivity contribution in [2.75, 3.05) is 4.90 Å². The first-order chi connectivity index (χ1) is 15.7. The first-order valence-corrected chi connectivity index (χ1v) is 10.7. The number of benzene rings is 4. The zero-order valence-corrected chi connectivity index (χ0v) is 19.1. The van der Waals surface area contributed by atoms with E-state index in [0.717, 1.165) is 33.8 Å². The Morgan fingerprint density at radius 1 is 0.606 bits per heavy atom. The van der Waals surface area contributed by atoms with Crippen LogP contribution in [0.4, 0.5) is 17.1 Å². The largest absolute Gasteiger partial charge is 0.508 e. The predicted molar refractivity (Wildman–Crippen MR) is 132 cm³/mol. The lowest BCUT2D eigenvalue weighted by molar-refractivity contribution is 0.448. The monoisotopic (exact) mass is 441 g/mol. The van der Waals surface area contributed by atoms with Gasteiger partial charge in [0.15, 0.2) is 5.75 Å². The van der Waals surface area contributed by atoms with Crippen molar-refractivity contribution < 1.29 is 20.1 Å². The highest BCUT2D eigenvalue weighted by atomic mass is 16.5. The summed E-state index contributed by atoms with van der Waals surface area (Å²) in [5, 5.41) is 30.8. The van der Waals surface area contributed by atoms with Crippen LogP contribution in [0.2, 0.25) is 0 Å². The molecule has 0 fully saturated rings. The molecule has 0 heterocycles. The Morgan fingerprint density at radius 3 is 1.79 bits per heavy atom. The molecule has 0 unspecified atom stereocenters. The van der Waals surface area contributed by atoms with E-state index in [1.54, 1.807) is 30.3 Å². The fourth-order valence-corrected chi connectivity index (χ4v) is 3.83. The first kappa shape index (κ1) is 22.1. The highest BCUT2D eigenvalue weighted by Gasteiger charge is 2.22. The number of aryl methyl sites for hydroxylation is 3. The van der Waals surface area contributed by atoms with Gasteiger partial charge in [0.1, 0.15) is 23.0 Å². The molecular formula is C28H27NO4. The van der Waals surface area contributed by atoms with Gasteiger partial charge in [-0.3, -0.25) is 0 Å². The molecule has 0 aromatic heterocycles. The second-order valence-corrected chi connectivity index (χ2v) is 8.25. The van der Waals surface area contributed by atoms with E-state index in [-0.39, 0.29) is 17.2 Å². The maximum absolute atomic E-state index is 10.3. The zero-order valence-electron chi connectivity index (χ0n) is 19.1. The third kappa shape index (κ3) is 4.44. The van der Waals surface area contributed by atoms with Crippen molar-refractivity contribution in [3.8, 4) is 28.7 Å². The van der Waals surface area contributed by atoms with Crippen molar-refractivity contribution in [2.24, 2.45) is 0 Å². The summed E-state index contributed by atoms with van der Waals surface area (Å²) in [6.07, 6.45) is 0. The fourth-order valence-electron chi connectivity index (χ4n) is 3.83. The quantitative estimate of drug-likeness (QED) is 0.303. The number of para-hydroxylation sites is 2. The maximum atomic E-state index is 10.3. The van der Waals surface area contributed by atoms with E-state index in [1.165, 1.54) is 0 Å². The van der Waals surface area contributed by atoms with Crippen LogP contribution in [-0.4, -0.2) is 15.3 Å². The van der Waals surface area contributed by atoms with Crippen molar-refractivity contribution in [3.63, 3.8) is 0 Å². The molecule has 0 radical (unpaired) electrons. The van der Waals surface area contributed by atoms with E-state index in [4.69, 9.17) is 4.74 Å². The van der Waals surface area contributed by atoms with Gasteiger partial charge in [-0.2, -0.15) is 0 Å². The van der Waals surface area contributed by atoms with Crippen molar-refractivity contribution in [1.82, 2.24) is 0 Å². The number of hydrogen-bond donors (Lipinski definition) is 3. The molecule has 0 amide bonds. The van der Waals surface area contributed by atoms with Crippen molar-refractivity contribution in [3.05, 3.63) is 95.1 Å². The minimum atomic E-state index is 0.135.